The van der Waals surface area contributed by atoms with Crippen molar-refractivity contribution in [1.29, 1.82) is 0 Å². The molecule has 1 aromatic carbocycles. The highest BCUT2D eigenvalue weighted by Crippen LogP contribution is 2.33. The van der Waals surface area contributed by atoms with Crippen molar-refractivity contribution >= 4 is 5.69 Å². The van der Waals surface area contributed by atoms with E-state index in [0.29, 0.717) is 0 Å². The molecule has 2 aliphatic rings. The Kier molecular flexibility index (Phi) is 2.93. The first-order valence-corrected chi connectivity index (χ1v) is 6.53. The third kappa shape index (κ3) is 2.12. The molecule has 0 bridgehead atoms. The molecule has 1 heterocycles. The average molecular weight is 232 g/mol. The van der Waals surface area contributed by atoms with Crippen LogP contribution in [0, 0.1) is 0 Å². The van der Waals surface area contributed by atoms with Gasteiger partial charge in [0.05, 0.1) is 5.69 Å². The molecule has 3 nitrogen and oxygen atoms in total. The minimum absolute atomic E-state index is 0.775. The van der Waals surface area contributed by atoms with Gasteiger partial charge in [-0.05, 0) is 26.0 Å². The number of hydrogen-bond donors (Lipinski definition) is 1. The van der Waals surface area contributed by atoms with Crippen LogP contribution >= 0.6 is 0 Å². The van der Waals surface area contributed by atoms with Gasteiger partial charge in [-0.25, -0.2) is 0 Å². The lowest BCUT2D eigenvalue weighted by Crippen LogP contribution is -2.36. The number of rotatable bonds is 3. The summed E-state index contributed by atoms with van der Waals surface area (Å²) in [6.07, 6.45) is 4.09. The molecule has 1 aromatic rings. The molecule has 1 fully saturated rings. The molecule has 0 radical (unpaired) electrons. The van der Waals surface area contributed by atoms with Gasteiger partial charge in [0.2, 0.25) is 0 Å². The third-order valence-corrected chi connectivity index (χ3v) is 3.88. The van der Waals surface area contributed by atoms with E-state index in [4.69, 9.17) is 4.74 Å². The maximum atomic E-state index is 5.80. The van der Waals surface area contributed by atoms with E-state index >= 15 is 0 Å². The van der Waals surface area contributed by atoms with Crippen LogP contribution in [0.3, 0.4) is 0 Å². The first-order valence-electron chi connectivity index (χ1n) is 6.53. The summed E-state index contributed by atoms with van der Waals surface area (Å²) in [5, 5.41) is 3.39. The fourth-order valence-corrected chi connectivity index (χ4v) is 2.58. The zero-order chi connectivity index (χ0) is 11.7. The standard InChI is InChI=1S/C14H20N2O/c1-16(12-5-3-6-12)10-11-4-2-7-13-14(11)17-9-8-15-13/h2,4,7,12,15H,3,5-6,8-10H2,1H3. The number of anilines is 1. The normalized spacial score (nSPS) is 19.2. The van der Waals surface area contributed by atoms with Gasteiger partial charge in [-0.2, -0.15) is 0 Å². The summed E-state index contributed by atoms with van der Waals surface area (Å²) in [4.78, 5) is 2.46. The lowest BCUT2D eigenvalue weighted by molar-refractivity contribution is 0.150. The van der Waals surface area contributed by atoms with Crippen LogP contribution in [0.1, 0.15) is 24.8 Å². The van der Waals surface area contributed by atoms with Crippen LogP contribution in [-0.4, -0.2) is 31.1 Å². The molecule has 0 amide bonds. The Morgan fingerprint density at radius 1 is 1.41 bits per heavy atom. The van der Waals surface area contributed by atoms with Gasteiger partial charge in [-0.15, -0.1) is 0 Å². The topological polar surface area (TPSA) is 24.5 Å². The Labute approximate surface area is 103 Å². The maximum absolute atomic E-state index is 5.80. The Bertz CT molecular complexity index is 401. The number of nitrogens with one attached hydrogen (secondary N) is 1. The summed E-state index contributed by atoms with van der Waals surface area (Å²) in [5.41, 5.74) is 2.46. The summed E-state index contributed by atoms with van der Waals surface area (Å²) < 4.78 is 5.80. The van der Waals surface area contributed by atoms with E-state index in [1.807, 2.05) is 0 Å². The molecular weight excluding hydrogens is 212 g/mol. The Morgan fingerprint density at radius 2 is 2.29 bits per heavy atom. The maximum Gasteiger partial charge on any atom is 0.146 e. The lowest BCUT2D eigenvalue weighted by Gasteiger charge is -2.35. The zero-order valence-electron chi connectivity index (χ0n) is 10.4. The molecule has 0 aromatic heterocycles. The van der Waals surface area contributed by atoms with Gasteiger partial charge >= 0.3 is 0 Å². The predicted octanol–water partition coefficient (Wildman–Crippen LogP) is 2.48. The van der Waals surface area contributed by atoms with E-state index in [1.165, 1.54) is 24.8 Å². The van der Waals surface area contributed by atoms with Crippen molar-refractivity contribution in [1.82, 2.24) is 4.90 Å². The quantitative estimate of drug-likeness (QED) is 0.866. The highest BCUT2D eigenvalue weighted by molar-refractivity contribution is 5.61. The second-order valence-corrected chi connectivity index (χ2v) is 5.07. The van der Waals surface area contributed by atoms with E-state index in [9.17, 15) is 0 Å². The number of fused-ring (bicyclic) bond motifs is 1. The number of para-hydroxylation sites is 1. The zero-order valence-corrected chi connectivity index (χ0v) is 10.4. The third-order valence-electron chi connectivity index (χ3n) is 3.88. The molecule has 0 spiro atoms. The monoisotopic (exact) mass is 232 g/mol. The fourth-order valence-electron chi connectivity index (χ4n) is 2.58. The van der Waals surface area contributed by atoms with Gasteiger partial charge in [-0.1, -0.05) is 18.6 Å². The van der Waals surface area contributed by atoms with E-state index in [1.54, 1.807) is 0 Å². The molecule has 92 valence electrons. The van der Waals surface area contributed by atoms with E-state index in [0.717, 1.165) is 37.2 Å². The van der Waals surface area contributed by atoms with Gasteiger partial charge < -0.3 is 10.1 Å². The van der Waals surface area contributed by atoms with Gasteiger partial charge in [0.1, 0.15) is 12.4 Å². The predicted molar refractivity (Wildman–Crippen MR) is 69.5 cm³/mol. The van der Waals surface area contributed by atoms with Crippen molar-refractivity contribution in [2.24, 2.45) is 0 Å². The van der Waals surface area contributed by atoms with E-state index in [-0.39, 0.29) is 0 Å². The number of benzene rings is 1. The van der Waals surface area contributed by atoms with Crippen LogP contribution in [0.25, 0.3) is 0 Å². The second-order valence-electron chi connectivity index (χ2n) is 5.07. The van der Waals surface area contributed by atoms with E-state index < -0.39 is 0 Å². The van der Waals surface area contributed by atoms with Gasteiger partial charge in [0, 0.05) is 24.7 Å². The smallest absolute Gasteiger partial charge is 0.146 e. The molecule has 1 saturated carbocycles. The van der Waals surface area contributed by atoms with Crippen molar-refractivity contribution in [3.63, 3.8) is 0 Å². The van der Waals surface area contributed by atoms with Gasteiger partial charge in [0.15, 0.2) is 0 Å². The van der Waals surface area contributed by atoms with Crippen LogP contribution in [0.2, 0.25) is 0 Å². The van der Waals surface area contributed by atoms with Crippen LogP contribution < -0.4 is 10.1 Å². The fraction of sp³-hybridized carbons (Fsp3) is 0.571. The number of hydrogen-bond acceptors (Lipinski definition) is 3. The molecular formula is C14H20N2O. The van der Waals surface area contributed by atoms with Crippen molar-refractivity contribution in [3.05, 3.63) is 23.8 Å². The summed E-state index contributed by atoms with van der Waals surface area (Å²) in [6, 6.07) is 7.18. The van der Waals surface area contributed by atoms with Crippen molar-refractivity contribution in [2.75, 3.05) is 25.5 Å². The average Bonchev–Trinajstić information content (AvgIpc) is 2.27. The lowest BCUT2D eigenvalue weighted by atomic mass is 9.91. The summed E-state index contributed by atoms with van der Waals surface area (Å²) in [5.74, 6) is 1.06. The summed E-state index contributed by atoms with van der Waals surface area (Å²) in [7, 11) is 2.22. The van der Waals surface area contributed by atoms with Crippen molar-refractivity contribution in [3.8, 4) is 5.75 Å². The molecule has 1 aliphatic carbocycles. The number of ether oxygens (including phenoxy) is 1. The Hall–Kier alpha value is -1.22. The first kappa shape index (κ1) is 10.9. The van der Waals surface area contributed by atoms with Crippen LogP contribution in [-0.2, 0) is 6.54 Å². The summed E-state index contributed by atoms with van der Waals surface area (Å²) >= 11 is 0. The molecule has 17 heavy (non-hydrogen) atoms. The Morgan fingerprint density at radius 3 is 3.06 bits per heavy atom. The largest absolute Gasteiger partial charge is 0.489 e. The van der Waals surface area contributed by atoms with Crippen LogP contribution in [0.15, 0.2) is 18.2 Å². The Balaban J connectivity index is 1.77. The first-order chi connectivity index (χ1) is 8.34. The SMILES string of the molecule is CN(Cc1cccc2c1OCCN2)C1CCC1. The molecule has 0 unspecified atom stereocenters. The minimum Gasteiger partial charge on any atom is -0.489 e. The number of nitrogens with zero attached hydrogens (tertiary/aromatic N) is 1. The van der Waals surface area contributed by atoms with Crippen LogP contribution in [0.5, 0.6) is 5.75 Å². The highest BCUT2D eigenvalue weighted by Gasteiger charge is 2.23. The molecule has 3 rings (SSSR count). The van der Waals surface area contributed by atoms with Crippen molar-refractivity contribution < 1.29 is 4.74 Å². The van der Waals surface area contributed by atoms with Crippen molar-refractivity contribution in [2.45, 2.75) is 31.8 Å². The van der Waals surface area contributed by atoms with E-state index in [2.05, 4.69) is 35.5 Å². The molecule has 0 atom stereocenters. The molecule has 1 N–H and O–H groups in total. The summed E-state index contributed by atoms with van der Waals surface area (Å²) in [6.45, 7) is 2.68. The minimum atomic E-state index is 0.775. The van der Waals surface area contributed by atoms with Gasteiger partial charge in [0.25, 0.3) is 0 Å². The molecule has 0 saturated heterocycles. The second kappa shape index (κ2) is 4.57. The highest BCUT2D eigenvalue weighted by atomic mass is 16.5. The van der Waals surface area contributed by atoms with Crippen LogP contribution in [0.4, 0.5) is 5.69 Å². The molecule has 3 heteroatoms. The van der Waals surface area contributed by atoms with Gasteiger partial charge in [-0.3, -0.25) is 4.90 Å². The molecule has 1 aliphatic heterocycles.